The van der Waals surface area contributed by atoms with Crippen molar-refractivity contribution in [3.05, 3.63) is 83.3 Å². The van der Waals surface area contributed by atoms with Crippen molar-refractivity contribution in [1.82, 2.24) is 19.4 Å². The van der Waals surface area contributed by atoms with Crippen molar-refractivity contribution in [2.75, 3.05) is 64.6 Å². The van der Waals surface area contributed by atoms with Gasteiger partial charge in [-0.25, -0.2) is 4.98 Å². The lowest BCUT2D eigenvalue weighted by Gasteiger charge is -2.32. The number of fused-ring (bicyclic) bond motifs is 1. The molecule has 2 N–H and O–H groups in total. The molecule has 3 heterocycles. The lowest BCUT2D eigenvalue weighted by molar-refractivity contribution is -0.111. The number of pyridine rings is 2. The van der Waals surface area contributed by atoms with Gasteiger partial charge in [0.1, 0.15) is 17.3 Å². The van der Waals surface area contributed by atoms with Crippen molar-refractivity contribution < 1.29 is 14.3 Å². The van der Waals surface area contributed by atoms with Crippen LogP contribution in [0.4, 0.5) is 17.2 Å². The summed E-state index contributed by atoms with van der Waals surface area (Å²) in [5, 5.41) is 7.06. The van der Waals surface area contributed by atoms with Crippen LogP contribution in [-0.4, -0.2) is 79.2 Å². The third kappa shape index (κ3) is 6.93. The Morgan fingerprint density at radius 2 is 1.75 bits per heavy atom. The van der Waals surface area contributed by atoms with Crippen LogP contribution in [0.25, 0.3) is 22.0 Å². The summed E-state index contributed by atoms with van der Waals surface area (Å²) in [4.78, 5) is 35.8. The lowest BCUT2D eigenvalue weighted by atomic mass is 10.0. The van der Waals surface area contributed by atoms with Crippen LogP contribution in [0, 0.1) is 6.92 Å². The van der Waals surface area contributed by atoms with Crippen molar-refractivity contribution in [2.45, 2.75) is 19.9 Å². The van der Waals surface area contributed by atoms with E-state index in [1.165, 1.54) is 6.08 Å². The Morgan fingerprint density at radius 1 is 1.02 bits per heavy atom. The van der Waals surface area contributed by atoms with Gasteiger partial charge in [0.05, 0.1) is 31.1 Å². The quantitative estimate of drug-likeness (QED) is 0.236. The average molecular weight is 597 g/mol. The molecule has 44 heavy (non-hydrogen) atoms. The minimum absolute atomic E-state index is 0.0989. The van der Waals surface area contributed by atoms with Crippen LogP contribution in [0.3, 0.4) is 0 Å². The highest BCUT2D eigenvalue weighted by atomic mass is 16.5. The molecule has 1 aliphatic heterocycles. The summed E-state index contributed by atoms with van der Waals surface area (Å²) >= 11 is 0. The molecule has 1 aliphatic rings. The summed E-state index contributed by atoms with van der Waals surface area (Å²) in [5.41, 5.74) is 4.20. The highest BCUT2D eigenvalue weighted by molar-refractivity contribution is 6.02. The molecule has 1 saturated heterocycles. The summed E-state index contributed by atoms with van der Waals surface area (Å²) in [7, 11) is 5.34. The zero-order valence-electron chi connectivity index (χ0n) is 25.9. The smallest absolute Gasteiger partial charge is 0.258 e. The Kier molecular flexibility index (Phi) is 9.62. The summed E-state index contributed by atoms with van der Waals surface area (Å²) in [6.45, 7) is 11.1. The minimum Gasteiger partial charge on any atom is -0.497 e. The fourth-order valence-electron chi connectivity index (χ4n) is 5.51. The summed E-state index contributed by atoms with van der Waals surface area (Å²) in [6, 6.07) is 14.9. The molecule has 4 aromatic rings. The zero-order valence-corrected chi connectivity index (χ0v) is 25.9. The second kappa shape index (κ2) is 13.7. The fourth-order valence-corrected chi connectivity index (χ4v) is 5.51. The molecule has 10 heteroatoms. The number of carbonyl (C=O) groups is 1. The van der Waals surface area contributed by atoms with Gasteiger partial charge in [-0.15, -0.1) is 0 Å². The van der Waals surface area contributed by atoms with Crippen molar-refractivity contribution in [1.29, 1.82) is 0 Å². The number of methoxy groups -OCH3 is 2. The second-order valence-electron chi connectivity index (χ2n) is 11.1. The number of ether oxygens (including phenoxy) is 2. The molecular weight excluding hydrogens is 556 g/mol. The van der Waals surface area contributed by atoms with E-state index in [4.69, 9.17) is 14.5 Å². The molecule has 2 aromatic heterocycles. The number of aromatic nitrogens is 2. The summed E-state index contributed by atoms with van der Waals surface area (Å²) in [5.74, 6) is 1.47. The Balaban J connectivity index is 1.55. The number of benzene rings is 2. The largest absolute Gasteiger partial charge is 0.497 e. The number of carbonyl (C=O) groups excluding carboxylic acids is 1. The monoisotopic (exact) mass is 596 g/mol. The van der Waals surface area contributed by atoms with Gasteiger partial charge < -0.3 is 34.5 Å². The number of amides is 1. The molecule has 5 rings (SSSR count). The fraction of sp³-hybridized carbons (Fsp3) is 0.324. The minimum atomic E-state index is -0.305. The van der Waals surface area contributed by atoms with E-state index in [-0.39, 0.29) is 11.5 Å². The molecule has 0 unspecified atom stereocenters. The van der Waals surface area contributed by atoms with E-state index >= 15 is 0 Å². The lowest BCUT2D eigenvalue weighted by Crippen LogP contribution is -2.44. The van der Waals surface area contributed by atoms with Gasteiger partial charge in [-0.3, -0.25) is 9.59 Å². The molecule has 0 aliphatic carbocycles. The first-order valence-corrected chi connectivity index (χ1v) is 14.8. The van der Waals surface area contributed by atoms with E-state index in [1.807, 2.05) is 54.0 Å². The Bertz CT molecular complexity index is 1700. The molecule has 1 fully saturated rings. The van der Waals surface area contributed by atoms with Gasteiger partial charge in [-0.2, -0.15) is 0 Å². The van der Waals surface area contributed by atoms with Crippen LogP contribution >= 0.6 is 0 Å². The molecule has 0 radical (unpaired) electrons. The number of piperazine rings is 1. The second-order valence-corrected chi connectivity index (χ2v) is 11.1. The normalized spacial score (nSPS) is 13.9. The number of anilines is 3. The van der Waals surface area contributed by atoms with Crippen LogP contribution in [0.2, 0.25) is 0 Å². The number of rotatable bonds is 11. The standard InChI is InChI=1S/C34H40N6O4/c1-6-32(41)36-29-10-7-9-23(2)33(29)37-31-21-30-25(22-35-31)19-28(24-17-26(43-4)20-27(18-24)44-5)34(42)40(30)12-8-11-39-15-13-38(3)14-16-39/h6-7,9-10,17-22H,1,8,11-16H2,2-5H3,(H,35,37)(H,36,41). The third-order valence-electron chi connectivity index (χ3n) is 8.06. The zero-order chi connectivity index (χ0) is 31.2. The maximum Gasteiger partial charge on any atom is 0.258 e. The number of hydrogen-bond acceptors (Lipinski definition) is 8. The molecule has 1 amide bonds. The van der Waals surface area contributed by atoms with E-state index in [0.717, 1.165) is 61.3 Å². The number of likely N-dealkylation sites (N-methyl/N-ethyl adjacent to an activating group) is 1. The Morgan fingerprint density at radius 3 is 2.43 bits per heavy atom. The van der Waals surface area contributed by atoms with E-state index in [0.29, 0.717) is 40.7 Å². The van der Waals surface area contributed by atoms with Gasteiger partial charge in [0, 0.05) is 62.0 Å². The van der Waals surface area contributed by atoms with Crippen molar-refractivity contribution in [2.24, 2.45) is 0 Å². The van der Waals surface area contributed by atoms with Crippen LogP contribution in [0.1, 0.15) is 12.0 Å². The molecule has 230 valence electrons. The van der Waals surface area contributed by atoms with Crippen LogP contribution < -0.4 is 25.7 Å². The van der Waals surface area contributed by atoms with Crippen LogP contribution in [-0.2, 0) is 11.3 Å². The SMILES string of the molecule is C=CC(=O)Nc1cccc(C)c1Nc1cc2c(cn1)cc(-c1cc(OC)cc(OC)c1)c(=O)n2CCCN1CCN(C)CC1. The maximum atomic E-state index is 14.2. The van der Waals surface area contributed by atoms with E-state index in [1.54, 1.807) is 26.5 Å². The van der Waals surface area contributed by atoms with Crippen molar-refractivity contribution in [3.8, 4) is 22.6 Å². The molecule has 10 nitrogen and oxygen atoms in total. The number of aryl methyl sites for hydroxylation is 2. The topological polar surface area (TPSA) is 101 Å². The van der Waals surface area contributed by atoms with Crippen molar-refractivity contribution in [3.63, 3.8) is 0 Å². The number of nitrogens with one attached hydrogen (secondary N) is 2. The first-order chi connectivity index (χ1) is 21.3. The number of nitrogens with zero attached hydrogens (tertiary/aromatic N) is 4. The van der Waals surface area contributed by atoms with Crippen molar-refractivity contribution >= 4 is 34.0 Å². The Labute approximate surface area is 257 Å². The van der Waals surface area contributed by atoms with Gasteiger partial charge >= 0.3 is 0 Å². The van der Waals surface area contributed by atoms with Crippen LogP contribution in [0.15, 0.2) is 72.2 Å². The van der Waals surface area contributed by atoms with Gasteiger partial charge in [-0.1, -0.05) is 18.7 Å². The maximum absolute atomic E-state index is 14.2. The average Bonchev–Trinajstić information content (AvgIpc) is 3.04. The van der Waals surface area contributed by atoms with Gasteiger partial charge in [0.2, 0.25) is 5.91 Å². The summed E-state index contributed by atoms with van der Waals surface area (Å²) < 4.78 is 12.8. The van der Waals surface area contributed by atoms with E-state index < -0.39 is 0 Å². The first kappa shape index (κ1) is 30.8. The predicted octanol–water partition coefficient (Wildman–Crippen LogP) is 4.89. The van der Waals surface area contributed by atoms with Gasteiger partial charge in [0.15, 0.2) is 0 Å². The van der Waals surface area contributed by atoms with Gasteiger partial charge in [-0.05, 0) is 68.4 Å². The third-order valence-corrected chi connectivity index (χ3v) is 8.06. The molecular formula is C34H40N6O4. The number of para-hydroxylation sites is 1. The van der Waals surface area contributed by atoms with E-state index in [2.05, 4.69) is 34.1 Å². The highest BCUT2D eigenvalue weighted by Crippen LogP contribution is 2.32. The molecule has 0 spiro atoms. The number of hydrogen-bond donors (Lipinski definition) is 2. The molecule has 0 atom stereocenters. The summed E-state index contributed by atoms with van der Waals surface area (Å²) in [6.07, 6.45) is 3.83. The van der Waals surface area contributed by atoms with E-state index in [9.17, 15) is 9.59 Å². The predicted molar refractivity (Wildman–Crippen MR) is 176 cm³/mol. The molecule has 2 aromatic carbocycles. The van der Waals surface area contributed by atoms with Crippen LogP contribution in [0.5, 0.6) is 11.5 Å². The van der Waals surface area contributed by atoms with Gasteiger partial charge in [0.25, 0.3) is 5.56 Å². The molecule has 0 bridgehead atoms. The highest BCUT2D eigenvalue weighted by Gasteiger charge is 2.17. The molecule has 0 saturated carbocycles. The first-order valence-electron chi connectivity index (χ1n) is 14.8. The Hall–Kier alpha value is -4.67.